The average Bonchev–Trinajstić information content (AvgIpc) is 2.86. The molecule has 2 bridgehead atoms. The molecular formula is C28H51O2P. The first-order chi connectivity index (χ1) is 15.2. The zero-order valence-corrected chi connectivity index (χ0v) is 22.0. The second-order valence-corrected chi connectivity index (χ2v) is 12.8. The van der Waals surface area contributed by atoms with E-state index in [-0.39, 0.29) is 0 Å². The topological polar surface area (TPSA) is 18.5 Å². The molecule has 0 N–H and O–H groups in total. The van der Waals surface area contributed by atoms with E-state index in [0.29, 0.717) is 18.3 Å². The molecule has 31 heavy (non-hydrogen) atoms. The molecule has 0 amide bonds. The van der Waals surface area contributed by atoms with Gasteiger partial charge in [-0.25, -0.2) is 0 Å². The fourth-order valence-electron chi connectivity index (χ4n) is 8.34. The Morgan fingerprint density at radius 1 is 0.581 bits per heavy atom. The van der Waals surface area contributed by atoms with Crippen LogP contribution in [0.3, 0.4) is 0 Å². The van der Waals surface area contributed by atoms with Crippen molar-refractivity contribution in [1.29, 1.82) is 0 Å². The van der Waals surface area contributed by atoms with Gasteiger partial charge in [0, 0.05) is 7.11 Å². The highest BCUT2D eigenvalue weighted by atomic mass is 31.1. The molecule has 6 rings (SSSR count). The van der Waals surface area contributed by atoms with E-state index in [4.69, 9.17) is 9.47 Å². The van der Waals surface area contributed by atoms with E-state index < -0.39 is 0 Å². The molecule has 2 aliphatic heterocycles. The molecular weight excluding hydrogens is 399 g/mol. The van der Waals surface area contributed by atoms with Crippen LogP contribution in [0.25, 0.3) is 0 Å². The minimum Gasteiger partial charge on any atom is -0.376 e. The summed E-state index contributed by atoms with van der Waals surface area (Å²) in [4.78, 5) is 0. The Morgan fingerprint density at radius 3 is 1.29 bits per heavy atom. The van der Waals surface area contributed by atoms with Crippen molar-refractivity contribution in [2.75, 3.05) is 13.8 Å². The standard InChI is InChI=1S/C26H45O2P.C2H6/c1-27-26-24-15-22(16-25(26)28-24)21-9-7-18(8-10-21)17-3-5-19(6-4-17)20-11-13-23(29-2)14-12-20;1-2/h17-26,29H,3-16H2,1-2H3;1-2H3. The second kappa shape index (κ2) is 11.7. The third kappa shape index (κ3) is 5.54. The zero-order valence-electron chi connectivity index (χ0n) is 21.0. The number of rotatable bonds is 5. The summed E-state index contributed by atoms with van der Waals surface area (Å²) in [5.41, 5.74) is 1.08. The van der Waals surface area contributed by atoms with Crippen molar-refractivity contribution in [1.82, 2.24) is 0 Å². The zero-order chi connectivity index (χ0) is 21.8. The van der Waals surface area contributed by atoms with Crippen molar-refractivity contribution in [3.63, 3.8) is 0 Å². The summed E-state index contributed by atoms with van der Waals surface area (Å²) in [5, 5.41) is 0. The molecule has 2 saturated heterocycles. The molecule has 180 valence electrons. The monoisotopic (exact) mass is 450 g/mol. The van der Waals surface area contributed by atoms with Crippen LogP contribution in [0.2, 0.25) is 0 Å². The van der Waals surface area contributed by atoms with Gasteiger partial charge in [-0.1, -0.05) is 13.8 Å². The lowest BCUT2D eigenvalue weighted by Gasteiger charge is -2.53. The van der Waals surface area contributed by atoms with Gasteiger partial charge in [-0.2, -0.15) is 0 Å². The number of hydrogen-bond acceptors (Lipinski definition) is 2. The SMILES string of the molecule is CC.COC1C2CC(C3CCC(C4CCC(C5CCC(PC)CC5)CC4)CC3)CC1O2. The van der Waals surface area contributed by atoms with Gasteiger partial charge in [-0.15, -0.1) is 8.58 Å². The quantitative estimate of drug-likeness (QED) is 0.400. The van der Waals surface area contributed by atoms with Gasteiger partial charge >= 0.3 is 0 Å². The van der Waals surface area contributed by atoms with Gasteiger partial charge in [0.2, 0.25) is 0 Å². The highest BCUT2D eigenvalue weighted by Gasteiger charge is 2.51. The van der Waals surface area contributed by atoms with Gasteiger partial charge < -0.3 is 9.47 Å². The first-order valence-corrected chi connectivity index (χ1v) is 15.7. The summed E-state index contributed by atoms with van der Waals surface area (Å²) in [7, 11) is 3.05. The molecule has 2 heterocycles. The summed E-state index contributed by atoms with van der Waals surface area (Å²) in [6, 6.07) is 0. The minimum atomic E-state index is 0.412. The van der Waals surface area contributed by atoms with E-state index in [0.717, 1.165) is 41.2 Å². The van der Waals surface area contributed by atoms with E-state index in [2.05, 4.69) is 6.66 Å². The normalized spacial score (nSPS) is 48.0. The summed E-state index contributed by atoms with van der Waals surface area (Å²) >= 11 is 0. The van der Waals surface area contributed by atoms with Crippen molar-refractivity contribution in [3.8, 4) is 0 Å². The Labute approximate surface area is 195 Å². The van der Waals surface area contributed by atoms with E-state index in [1.807, 2.05) is 21.0 Å². The summed E-state index contributed by atoms with van der Waals surface area (Å²) in [6.07, 6.45) is 22.3. The lowest BCUT2D eigenvalue weighted by Crippen LogP contribution is -2.60. The van der Waals surface area contributed by atoms with Crippen LogP contribution in [-0.4, -0.2) is 37.7 Å². The molecule has 3 unspecified atom stereocenters. The van der Waals surface area contributed by atoms with Gasteiger partial charge in [-0.05, 0) is 138 Å². The molecule has 4 saturated carbocycles. The maximum atomic E-state index is 5.96. The highest BCUT2D eigenvalue weighted by Crippen LogP contribution is 2.50. The van der Waals surface area contributed by atoms with Crippen molar-refractivity contribution in [2.24, 2.45) is 35.5 Å². The average molecular weight is 451 g/mol. The maximum absolute atomic E-state index is 5.96. The molecule has 0 aromatic carbocycles. The fraction of sp³-hybridized carbons (Fsp3) is 1.00. The third-order valence-corrected chi connectivity index (χ3v) is 11.6. The van der Waals surface area contributed by atoms with Crippen LogP contribution < -0.4 is 0 Å². The number of hydrogen-bond donors (Lipinski definition) is 0. The minimum absolute atomic E-state index is 0.412. The van der Waals surface area contributed by atoms with E-state index in [1.54, 1.807) is 51.4 Å². The van der Waals surface area contributed by atoms with Crippen molar-refractivity contribution >= 4 is 8.58 Å². The summed E-state index contributed by atoms with van der Waals surface area (Å²) in [6.45, 7) is 6.42. The molecule has 0 spiro atoms. The Morgan fingerprint density at radius 2 is 0.935 bits per heavy atom. The lowest BCUT2D eigenvalue weighted by molar-refractivity contribution is -0.270. The summed E-state index contributed by atoms with van der Waals surface area (Å²) in [5.74, 6) is 6.23. The molecule has 6 fully saturated rings. The maximum Gasteiger partial charge on any atom is 0.109 e. The Bertz CT molecular complexity index is 503. The number of methoxy groups -OCH3 is 1. The predicted molar refractivity (Wildman–Crippen MR) is 134 cm³/mol. The van der Waals surface area contributed by atoms with Gasteiger partial charge in [0.05, 0.1) is 12.2 Å². The van der Waals surface area contributed by atoms with Crippen molar-refractivity contribution < 1.29 is 9.47 Å². The molecule has 6 aliphatic rings. The van der Waals surface area contributed by atoms with Crippen LogP contribution in [0.4, 0.5) is 0 Å². The molecule has 4 aliphatic carbocycles. The molecule has 0 aromatic rings. The third-order valence-electron chi connectivity index (χ3n) is 10.2. The first-order valence-electron chi connectivity index (χ1n) is 14.1. The molecule has 0 aromatic heterocycles. The number of ether oxygens (including phenoxy) is 2. The van der Waals surface area contributed by atoms with Crippen LogP contribution in [0.15, 0.2) is 0 Å². The van der Waals surface area contributed by atoms with Crippen LogP contribution in [0.5, 0.6) is 0 Å². The largest absolute Gasteiger partial charge is 0.376 e. The summed E-state index contributed by atoms with van der Waals surface area (Å²) < 4.78 is 11.6. The smallest absolute Gasteiger partial charge is 0.109 e. The molecule has 2 nitrogen and oxygen atoms in total. The molecule has 3 atom stereocenters. The van der Waals surface area contributed by atoms with Crippen molar-refractivity contribution in [3.05, 3.63) is 0 Å². The van der Waals surface area contributed by atoms with E-state index in [1.165, 1.54) is 47.1 Å². The molecule has 3 heteroatoms. The van der Waals surface area contributed by atoms with E-state index in [9.17, 15) is 0 Å². The van der Waals surface area contributed by atoms with Gasteiger partial charge in [0.15, 0.2) is 0 Å². The highest BCUT2D eigenvalue weighted by molar-refractivity contribution is 7.37. The van der Waals surface area contributed by atoms with E-state index >= 15 is 0 Å². The van der Waals surface area contributed by atoms with Crippen LogP contribution in [0, 0.1) is 35.5 Å². The van der Waals surface area contributed by atoms with Crippen molar-refractivity contribution in [2.45, 2.75) is 128 Å². The Hall–Kier alpha value is 0.350. The van der Waals surface area contributed by atoms with Crippen LogP contribution in [0.1, 0.15) is 104 Å². The van der Waals surface area contributed by atoms with Gasteiger partial charge in [-0.3, -0.25) is 0 Å². The second-order valence-electron chi connectivity index (χ2n) is 11.4. The number of fused-ring (bicyclic) bond motifs is 2. The fourth-order valence-corrected chi connectivity index (χ4v) is 9.26. The molecule has 0 radical (unpaired) electrons. The van der Waals surface area contributed by atoms with Crippen LogP contribution >= 0.6 is 8.58 Å². The van der Waals surface area contributed by atoms with Crippen LogP contribution in [-0.2, 0) is 9.47 Å². The Balaban J connectivity index is 0.00000112. The van der Waals surface area contributed by atoms with Gasteiger partial charge in [0.1, 0.15) is 6.10 Å². The predicted octanol–water partition coefficient (Wildman–Crippen LogP) is 7.68. The first kappa shape index (κ1) is 24.5. The Kier molecular flexibility index (Phi) is 9.21. The van der Waals surface area contributed by atoms with Gasteiger partial charge in [0.25, 0.3) is 0 Å². The lowest BCUT2D eigenvalue weighted by atomic mass is 9.63.